The molecule has 0 fully saturated rings. The Kier molecular flexibility index (Phi) is 5.64. The van der Waals surface area contributed by atoms with Gasteiger partial charge in [0.15, 0.2) is 12.1 Å². The van der Waals surface area contributed by atoms with E-state index < -0.39 is 37.6 Å². The highest BCUT2D eigenvalue weighted by molar-refractivity contribution is 7.53. The first-order valence-electron chi connectivity index (χ1n) is 7.55. The van der Waals surface area contributed by atoms with Crippen LogP contribution in [0.2, 0.25) is 0 Å². The molecule has 0 saturated heterocycles. The fourth-order valence-electron chi connectivity index (χ4n) is 2.57. The fraction of sp³-hybridized carbons (Fsp3) is 0.429. The molecule has 0 radical (unpaired) electrons. The zero-order valence-corrected chi connectivity index (χ0v) is 14.5. The van der Waals surface area contributed by atoms with Crippen LogP contribution in [-0.4, -0.2) is 40.9 Å². The van der Waals surface area contributed by atoms with E-state index in [1.807, 2.05) is 0 Å². The Bertz CT molecular complexity index is 765. The number of hydrogen-bond acceptors (Lipinski definition) is 5. The molecule has 0 bridgehead atoms. The SMILES string of the molecule is CCCNc1cc2c(cc1C(F)(F)F)NC(=O)CN2C(C=O)P(=O)(O)O. The Balaban J connectivity index is 2.64. The van der Waals surface area contributed by atoms with Gasteiger partial charge >= 0.3 is 13.8 Å². The number of benzene rings is 1. The summed E-state index contributed by atoms with van der Waals surface area (Å²) in [6.07, 6.45) is -4.21. The molecule has 1 amide bonds. The molecule has 2 rings (SSSR count). The van der Waals surface area contributed by atoms with Crippen LogP contribution in [0.4, 0.5) is 30.2 Å². The summed E-state index contributed by atoms with van der Waals surface area (Å²) in [5.41, 5.74) is -1.71. The summed E-state index contributed by atoms with van der Waals surface area (Å²) in [5, 5.41) is 4.84. The van der Waals surface area contributed by atoms with E-state index in [-0.39, 0.29) is 29.9 Å². The molecule has 12 heteroatoms. The summed E-state index contributed by atoms with van der Waals surface area (Å²) >= 11 is 0. The molecule has 1 aliphatic rings. The molecule has 1 unspecified atom stereocenters. The van der Waals surface area contributed by atoms with Crippen LogP contribution >= 0.6 is 7.60 Å². The van der Waals surface area contributed by atoms with Crippen LogP contribution in [0.15, 0.2) is 12.1 Å². The fourth-order valence-corrected chi connectivity index (χ4v) is 3.29. The van der Waals surface area contributed by atoms with Gasteiger partial charge in [-0.3, -0.25) is 9.36 Å². The number of carbonyl (C=O) groups excluding carboxylic acids is 2. The van der Waals surface area contributed by atoms with Gasteiger partial charge in [0.2, 0.25) is 5.91 Å². The Morgan fingerprint density at radius 1 is 1.42 bits per heavy atom. The number of nitrogens with zero attached hydrogens (tertiary/aromatic N) is 1. The zero-order valence-electron chi connectivity index (χ0n) is 13.6. The number of halogens is 3. The summed E-state index contributed by atoms with van der Waals surface area (Å²) in [7, 11) is -4.97. The van der Waals surface area contributed by atoms with E-state index >= 15 is 0 Å². The maximum atomic E-state index is 13.3. The van der Waals surface area contributed by atoms with Crippen LogP contribution in [0.3, 0.4) is 0 Å². The molecule has 0 spiro atoms. The van der Waals surface area contributed by atoms with Gasteiger partial charge in [0, 0.05) is 12.2 Å². The molecule has 1 heterocycles. The number of fused-ring (bicyclic) bond motifs is 1. The summed E-state index contributed by atoms with van der Waals surface area (Å²) in [4.78, 5) is 42.5. The molecule has 0 aromatic heterocycles. The Labute approximate surface area is 146 Å². The summed E-state index contributed by atoms with van der Waals surface area (Å²) in [6, 6.07) is 1.71. The highest BCUT2D eigenvalue weighted by Gasteiger charge is 2.41. The molecule has 1 aromatic carbocycles. The topological polar surface area (TPSA) is 119 Å². The van der Waals surface area contributed by atoms with Crippen LogP contribution in [0.5, 0.6) is 0 Å². The van der Waals surface area contributed by atoms with Crippen molar-refractivity contribution in [1.82, 2.24) is 0 Å². The van der Waals surface area contributed by atoms with Gasteiger partial charge < -0.3 is 30.1 Å². The van der Waals surface area contributed by atoms with Crippen LogP contribution in [0.25, 0.3) is 0 Å². The van der Waals surface area contributed by atoms with Gasteiger partial charge in [-0.05, 0) is 18.6 Å². The first-order chi connectivity index (χ1) is 12.0. The molecule has 1 aliphatic heterocycles. The molecule has 0 aliphatic carbocycles. The third-order valence-corrected chi connectivity index (χ3v) is 4.78. The smallest absolute Gasteiger partial charge is 0.385 e. The first-order valence-corrected chi connectivity index (χ1v) is 9.23. The number of carbonyl (C=O) groups is 2. The number of hydrogen-bond donors (Lipinski definition) is 4. The van der Waals surface area contributed by atoms with Crippen molar-refractivity contribution in [3.05, 3.63) is 17.7 Å². The number of nitrogens with one attached hydrogen (secondary N) is 2. The van der Waals surface area contributed by atoms with E-state index in [2.05, 4.69) is 10.6 Å². The highest BCUT2D eigenvalue weighted by Crippen LogP contribution is 2.48. The van der Waals surface area contributed by atoms with E-state index in [1.54, 1.807) is 6.92 Å². The summed E-state index contributed by atoms with van der Waals surface area (Å²) in [6.45, 7) is 1.39. The summed E-state index contributed by atoms with van der Waals surface area (Å²) < 4.78 is 51.5. The average Bonchev–Trinajstić information content (AvgIpc) is 2.50. The predicted molar refractivity (Wildman–Crippen MR) is 88.1 cm³/mol. The Morgan fingerprint density at radius 3 is 2.58 bits per heavy atom. The largest absolute Gasteiger partial charge is 0.418 e. The molecule has 144 valence electrons. The minimum Gasteiger partial charge on any atom is -0.385 e. The van der Waals surface area contributed by atoms with Gasteiger partial charge in [-0.1, -0.05) is 6.92 Å². The van der Waals surface area contributed by atoms with E-state index in [4.69, 9.17) is 0 Å². The lowest BCUT2D eigenvalue weighted by atomic mass is 10.1. The minimum atomic E-state index is -4.97. The van der Waals surface area contributed by atoms with Crippen molar-refractivity contribution in [2.45, 2.75) is 25.3 Å². The number of rotatable bonds is 6. The molecule has 4 N–H and O–H groups in total. The van der Waals surface area contributed by atoms with Crippen LogP contribution in [0.1, 0.15) is 18.9 Å². The summed E-state index contributed by atoms with van der Waals surface area (Å²) in [5.74, 6) is -2.77. The lowest BCUT2D eigenvalue weighted by molar-refractivity contribution is -0.137. The molecule has 1 aromatic rings. The Hall–Kier alpha value is -2.10. The van der Waals surface area contributed by atoms with E-state index in [0.717, 1.165) is 11.0 Å². The van der Waals surface area contributed by atoms with E-state index in [0.29, 0.717) is 12.5 Å². The third kappa shape index (κ3) is 4.17. The van der Waals surface area contributed by atoms with Crippen molar-refractivity contribution in [3.8, 4) is 0 Å². The second-order valence-corrected chi connectivity index (χ2v) is 7.36. The lowest BCUT2D eigenvalue weighted by Gasteiger charge is -2.35. The second-order valence-electron chi connectivity index (χ2n) is 5.65. The predicted octanol–water partition coefficient (Wildman–Crippen LogP) is 1.99. The van der Waals surface area contributed by atoms with E-state index in [1.165, 1.54) is 0 Å². The third-order valence-electron chi connectivity index (χ3n) is 3.69. The van der Waals surface area contributed by atoms with Gasteiger partial charge in [-0.2, -0.15) is 13.2 Å². The van der Waals surface area contributed by atoms with Crippen LogP contribution in [-0.2, 0) is 20.3 Å². The van der Waals surface area contributed by atoms with Gasteiger partial charge in [0.1, 0.15) is 0 Å². The first kappa shape index (κ1) is 20.2. The number of anilines is 3. The van der Waals surface area contributed by atoms with Crippen molar-refractivity contribution in [1.29, 1.82) is 0 Å². The quantitative estimate of drug-likeness (QED) is 0.430. The van der Waals surface area contributed by atoms with Crippen molar-refractivity contribution < 1.29 is 37.1 Å². The van der Waals surface area contributed by atoms with Gasteiger partial charge in [0.25, 0.3) is 0 Å². The number of amides is 1. The van der Waals surface area contributed by atoms with Gasteiger partial charge in [-0.15, -0.1) is 0 Å². The number of alkyl halides is 3. The standard InChI is InChI=1S/C14H17F3N3O5P/c1-2-3-18-9-5-11-10(4-8(9)14(15,16)17)19-12(22)6-20(11)13(7-21)26(23,24)25/h4-5,7,13,18H,2-3,6H2,1H3,(H,19,22)(H2,23,24,25). The normalized spacial score (nSPS) is 15.9. The van der Waals surface area contributed by atoms with Crippen molar-refractivity contribution in [2.75, 3.05) is 28.6 Å². The minimum absolute atomic E-state index is 0.0278. The van der Waals surface area contributed by atoms with E-state index in [9.17, 15) is 37.1 Å². The number of aldehydes is 1. The zero-order chi connectivity index (χ0) is 19.7. The van der Waals surface area contributed by atoms with Crippen molar-refractivity contribution >= 4 is 36.9 Å². The van der Waals surface area contributed by atoms with Crippen molar-refractivity contribution in [2.24, 2.45) is 0 Å². The highest BCUT2D eigenvalue weighted by atomic mass is 31.2. The molecule has 1 atom stereocenters. The second kappa shape index (κ2) is 7.26. The molecular weight excluding hydrogens is 378 g/mol. The molecular formula is C14H17F3N3O5P. The maximum Gasteiger partial charge on any atom is 0.418 e. The van der Waals surface area contributed by atoms with Crippen LogP contribution < -0.4 is 15.5 Å². The van der Waals surface area contributed by atoms with Gasteiger partial charge in [-0.25, -0.2) is 0 Å². The Morgan fingerprint density at radius 2 is 2.08 bits per heavy atom. The molecule has 0 saturated carbocycles. The van der Waals surface area contributed by atoms with Crippen LogP contribution in [0, 0.1) is 0 Å². The molecule has 8 nitrogen and oxygen atoms in total. The monoisotopic (exact) mass is 395 g/mol. The van der Waals surface area contributed by atoms with Crippen molar-refractivity contribution in [3.63, 3.8) is 0 Å². The lowest BCUT2D eigenvalue weighted by Crippen LogP contribution is -2.45. The average molecular weight is 395 g/mol. The molecule has 26 heavy (non-hydrogen) atoms. The maximum absolute atomic E-state index is 13.3. The van der Waals surface area contributed by atoms with Gasteiger partial charge in [0.05, 0.1) is 23.5 Å².